The first-order valence-electron chi connectivity index (χ1n) is 9.58. The number of ether oxygens (including phenoxy) is 2. The molecule has 0 fully saturated rings. The smallest absolute Gasteiger partial charge is 0.272 e. The third-order valence-corrected chi connectivity index (χ3v) is 5.46. The summed E-state index contributed by atoms with van der Waals surface area (Å²) < 4.78 is 10.6. The number of benzene rings is 2. The molecule has 31 heavy (non-hydrogen) atoms. The van der Waals surface area contributed by atoms with Gasteiger partial charge in [0.05, 0.1) is 19.1 Å². The number of carbonyl (C=O) groups excluding carboxylic acids is 2. The summed E-state index contributed by atoms with van der Waals surface area (Å²) in [5, 5.41) is 7.43. The molecular weight excluding hydrogens is 412 g/mol. The lowest BCUT2D eigenvalue weighted by molar-refractivity contribution is -0.113. The molecule has 0 unspecified atom stereocenters. The predicted molar refractivity (Wildman–Crippen MR) is 124 cm³/mol. The van der Waals surface area contributed by atoms with E-state index in [1.165, 1.54) is 18.4 Å². The van der Waals surface area contributed by atoms with Crippen LogP contribution in [-0.2, 0) is 4.79 Å². The largest absolute Gasteiger partial charge is 0.493 e. The van der Waals surface area contributed by atoms with Crippen LogP contribution in [0.5, 0.6) is 11.5 Å². The summed E-state index contributed by atoms with van der Waals surface area (Å²) in [5.74, 6) is 0.322. The fourth-order valence-corrected chi connectivity index (χ4v) is 3.62. The van der Waals surface area contributed by atoms with E-state index in [9.17, 15) is 9.59 Å². The van der Waals surface area contributed by atoms with E-state index in [2.05, 4.69) is 10.6 Å². The summed E-state index contributed by atoms with van der Waals surface area (Å²) in [6.45, 7) is 3.91. The molecule has 2 amide bonds. The van der Waals surface area contributed by atoms with Crippen molar-refractivity contribution < 1.29 is 19.1 Å². The van der Waals surface area contributed by atoms with Crippen molar-refractivity contribution in [1.82, 2.24) is 5.32 Å². The number of hydrogen-bond donors (Lipinski definition) is 2. The van der Waals surface area contributed by atoms with Gasteiger partial charge in [0.2, 0.25) is 0 Å². The van der Waals surface area contributed by atoms with Crippen LogP contribution in [0.3, 0.4) is 0 Å². The van der Waals surface area contributed by atoms with Gasteiger partial charge in [-0.15, -0.1) is 11.3 Å². The number of amides is 2. The van der Waals surface area contributed by atoms with E-state index in [4.69, 9.17) is 9.47 Å². The molecular formula is C24H24N2O4S. The van der Waals surface area contributed by atoms with Gasteiger partial charge in [0.1, 0.15) is 5.70 Å². The molecule has 0 aliphatic rings. The summed E-state index contributed by atoms with van der Waals surface area (Å²) >= 11 is 1.30. The van der Waals surface area contributed by atoms with Crippen LogP contribution in [0, 0.1) is 13.8 Å². The molecule has 0 aliphatic carbocycles. The highest BCUT2D eigenvalue weighted by Gasteiger charge is 2.17. The SMILES string of the molecule is COc1ccc(/C=C(/NC(=O)c2cccs2)C(=O)Nc2ccc(C)cc2C)cc1OC. The van der Waals surface area contributed by atoms with Crippen molar-refractivity contribution in [3.05, 3.63) is 81.2 Å². The van der Waals surface area contributed by atoms with Crippen LogP contribution in [-0.4, -0.2) is 26.0 Å². The Hall–Kier alpha value is -3.58. The van der Waals surface area contributed by atoms with E-state index in [1.807, 2.05) is 37.4 Å². The maximum atomic E-state index is 13.1. The average Bonchev–Trinajstić information content (AvgIpc) is 3.30. The second-order valence-corrected chi connectivity index (χ2v) is 7.82. The van der Waals surface area contributed by atoms with Crippen molar-refractivity contribution in [1.29, 1.82) is 0 Å². The van der Waals surface area contributed by atoms with Gasteiger partial charge in [-0.05, 0) is 60.7 Å². The molecule has 1 heterocycles. The highest BCUT2D eigenvalue weighted by Crippen LogP contribution is 2.28. The minimum atomic E-state index is -0.424. The van der Waals surface area contributed by atoms with Gasteiger partial charge in [0.15, 0.2) is 11.5 Å². The second kappa shape index (κ2) is 9.95. The number of aryl methyl sites for hydroxylation is 2. The van der Waals surface area contributed by atoms with Gasteiger partial charge in [-0.3, -0.25) is 9.59 Å². The Kier molecular flexibility index (Phi) is 7.10. The lowest BCUT2D eigenvalue weighted by Crippen LogP contribution is -2.30. The van der Waals surface area contributed by atoms with Crippen LogP contribution >= 0.6 is 11.3 Å². The highest BCUT2D eigenvalue weighted by molar-refractivity contribution is 7.12. The van der Waals surface area contributed by atoms with E-state index in [-0.39, 0.29) is 11.6 Å². The number of rotatable bonds is 7. The first kappa shape index (κ1) is 22.1. The molecule has 0 spiro atoms. The third kappa shape index (κ3) is 5.52. The molecule has 6 nitrogen and oxygen atoms in total. The van der Waals surface area contributed by atoms with E-state index >= 15 is 0 Å². The van der Waals surface area contributed by atoms with E-state index < -0.39 is 5.91 Å². The van der Waals surface area contributed by atoms with Crippen LogP contribution in [0.15, 0.2) is 59.6 Å². The number of methoxy groups -OCH3 is 2. The van der Waals surface area contributed by atoms with Crippen molar-refractivity contribution in [2.45, 2.75) is 13.8 Å². The lowest BCUT2D eigenvalue weighted by atomic mass is 10.1. The molecule has 3 aromatic rings. The van der Waals surface area contributed by atoms with Gasteiger partial charge in [-0.2, -0.15) is 0 Å². The van der Waals surface area contributed by atoms with Crippen molar-refractivity contribution in [2.75, 3.05) is 19.5 Å². The Morgan fingerprint density at radius 3 is 2.39 bits per heavy atom. The zero-order valence-corrected chi connectivity index (χ0v) is 18.6. The second-order valence-electron chi connectivity index (χ2n) is 6.88. The molecule has 160 valence electrons. The minimum Gasteiger partial charge on any atom is -0.493 e. The average molecular weight is 437 g/mol. The normalized spacial score (nSPS) is 11.0. The third-order valence-electron chi connectivity index (χ3n) is 4.59. The number of anilines is 1. The summed E-state index contributed by atoms with van der Waals surface area (Å²) in [4.78, 5) is 26.2. The Balaban J connectivity index is 1.94. The molecule has 3 rings (SSSR count). The van der Waals surface area contributed by atoms with E-state index in [0.717, 1.165) is 11.1 Å². The zero-order valence-electron chi connectivity index (χ0n) is 17.8. The molecule has 0 saturated heterocycles. The van der Waals surface area contributed by atoms with Gasteiger partial charge in [0, 0.05) is 5.69 Å². The molecule has 2 N–H and O–H groups in total. The molecule has 2 aromatic carbocycles. The van der Waals surface area contributed by atoms with Crippen molar-refractivity contribution in [3.8, 4) is 11.5 Å². The van der Waals surface area contributed by atoms with Crippen LogP contribution in [0.1, 0.15) is 26.4 Å². The van der Waals surface area contributed by atoms with Crippen molar-refractivity contribution in [2.24, 2.45) is 0 Å². The summed E-state index contributed by atoms with van der Waals surface area (Å²) in [6.07, 6.45) is 1.60. The quantitative estimate of drug-likeness (QED) is 0.522. The summed E-state index contributed by atoms with van der Waals surface area (Å²) in [7, 11) is 3.09. The van der Waals surface area contributed by atoms with Crippen LogP contribution in [0.2, 0.25) is 0 Å². The number of thiophene rings is 1. The van der Waals surface area contributed by atoms with Crippen LogP contribution in [0.25, 0.3) is 6.08 Å². The highest BCUT2D eigenvalue weighted by atomic mass is 32.1. The van der Waals surface area contributed by atoms with Gasteiger partial charge in [-0.25, -0.2) is 0 Å². The Morgan fingerprint density at radius 1 is 0.968 bits per heavy atom. The Labute approximate surface area is 185 Å². The number of nitrogens with one attached hydrogen (secondary N) is 2. The van der Waals surface area contributed by atoms with Gasteiger partial charge in [0.25, 0.3) is 11.8 Å². The van der Waals surface area contributed by atoms with E-state index in [0.29, 0.717) is 27.6 Å². The molecule has 0 aliphatic heterocycles. The van der Waals surface area contributed by atoms with E-state index in [1.54, 1.807) is 43.5 Å². The Morgan fingerprint density at radius 2 is 1.74 bits per heavy atom. The summed E-state index contributed by atoms with van der Waals surface area (Å²) in [6, 6.07) is 14.5. The number of hydrogen-bond acceptors (Lipinski definition) is 5. The minimum absolute atomic E-state index is 0.116. The standard InChI is InChI=1S/C24H24N2O4S/c1-15-7-9-18(16(2)12-15)25-23(27)19(26-24(28)22-6-5-11-31-22)13-17-8-10-20(29-3)21(14-17)30-4/h5-14H,1-4H3,(H,25,27)(H,26,28)/b19-13+. The molecule has 0 bridgehead atoms. The van der Waals surface area contributed by atoms with Crippen LogP contribution < -0.4 is 20.1 Å². The van der Waals surface area contributed by atoms with Crippen LogP contribution in [0.4, 0.5) is 5.69 Å². The Bertz CT molecular complexity index is 1120. The summed E-state index contributed by atoms with van der Waals surface area (Å²) in [5.41, 5.74) is 3.51. The zero-order chi connectivity index (χ0) is 22.4. The lowest BCUT2D eigenvalue weighted by Gasteiger charge is -2.13. The first-order valence-corrected chi connectivity index (χ1v) is 10.5. The molecule has 0 saturated carbocycles. The van der Waals surface area contributed by atoms with Gasteiger partial charge < -0.3 is 20.1 Å². The first-order chi connectivity index (χ1) is 14.9. The molecule has 0 atom stereocenters. The monoisotopic (exact) mass is 436 g/mol. The number of carbonyl (C=O) groups is 2. The topological polar surface area (TPSA) is 76.7 Å². The van der Waals surface area contributed by atoms with Gasteiger partial charge in [-0.1, -0.05) is 29.8 Å². The maximum Gasteiger partial charge on any atom is 0.272 e. The predicted octanol–water partition coefficient (Wildman–Crippen LogP) is 4.79. The fraction of sp³-hybridized carbons (Fsp3) is 0.167. The van der Waals surface area contributed by atoms with Crippen molar-refractivity contribution >= 4 is 34.9 Å². The van der Waals surface area contributed by atoms with Gasteiger partial charge >= 0.3 is 0 Å². The maximum absolute atomic E-state index is 13.1. The fourth-order valence-electron chi connectivity index (χ4n) is 3.00. The molecule has 7 heteroatoms. The molecule has 0 radical (unpaired) electrons. The van der Waals surface area contributed by atoms with Crippen molar-refractivity contribution in [3.63, 3.8) is 0 Å². The molecule has 1 aromatic heterocycles.